The third kappa shape index (κ3) is 6.84. The van der Waals surface area contributed by atoms with Crippen LogP contribution in [0.3, 0.4) is 0 Å². The highest BCUT2D eigenvalue weighted by atomic mass is 32.2. The summed E-state index contributed by atoms with van der Waals surface area (Å²) in [6.45, 7) is 3.82. The van der Waals surface area contributed by atoms with Crippen molar-refractivity contribution in [3.8, 4) is 0 Å². The molecule has 2 aromatic rings. The summed E-state index contributed by atoms with van der Waals surface area (Å²) in [4.78, 5) is 25.6. The molecule has 1 aromatic carbocycles. The number of amides is 2. The molecule has 30 heavy (non-hydrogen) atoms. The highest BCUT2D eigenvalue weighted by Gasteiger charge is 2.24. The molecule has 1 fully saturated rings. The van der Waals surface area contributed by atoms with Crippen LogP contribution in [0.5, 0.6) is 0 Å². The van der Waals surface area contributed by atoms with Crippen LogP contribution in [0.25, 0.3) is 0 Å². The molecule has 8 nitrogen and oxygen atoms in total. The third-order valence-corrected chi connectivity index (χ3v) is 6.49. The topological polar surface area (TPSA) is 96.5 Å². The van der Waals surface area contributed by atoms with E-state index >= 15 is 0 Å². The Morgan fingerprint density at radius 3 is 2.70 bits per heavy atom. The van der Waals surface area contributed by atoms with E-state index in [0.29, 0.717) is 48.6 Å². The average molecular weight is 454 g/mol. The number of rotatable bonds is 8. The normalized spacial score (nSPS) is 14.4. The monoisotopic (exact) mass is 453 g/mol. The van der Waals surface area contributed by atoms with Crippen LogP contribution in [0, 0.1) is 5.82 Å². The van der Waals surface area contributed by atoms with Crippen molar-refractivity contribution < 1.29 is 18.7 Å². The Morgan fingerprint density at radius 2 is 2.00 bits per heavy atom. The number of benzene rings is 1. The molecule has 162 valence electrons. The molecule has 1 saturated heterocycles. The highest BCUT2D eigenvalue weighted by molar-refractivity contribution is 8.01. The number of carbonyl (C=O) groups excluding carboxylic acids is 2. The van der Waals surface area contributed by atoms with E-state index < -0.39 is 0 Å². The Balaban J connectivity index is 1.35. The molecule has 1 aliphatic rings. The lowest BCUT2D eigenvalue weighted by Crippen LogP contribution is -2.47. The van der Waals surface area contributed by atoms with E-state index in [4.69, 9.17) is 4.74 Å². The first-order valence-corrected chi connectivity index (χ1v) is 11.5. The maximum absolute atomic E-state index is 12.9. The van der Waals surface area contributed by atoms with Crippen molar-refractivity contribution in [3.05, 3.63) is 35.6 Å². The molecule has 0 atom stereocenters. The lowest BCUT2D eigenvalue weighted by Gasteiger charge is -2.31. The minimum atomic E-state index is -0.294. The quantitative estimate of drug-likeness (QED) is 0.593. The van der Waals surface area contributed by atoms with Gasteiger partial charge in [0, 0.05) is 25.7 Å². The molecular formula is C19H24FN5O3S2. The van der Waals surface area contributed by atoms with Gasteiger partial charge >= 0.3 is 6.09 Å². The molecule has 3 rings (SSSR count). The molecule has 0 bridgehead atoms. The number of halogens is 1. The smallest absolute Gasteiger partial charge is 0.409 e. The van der Waals surface area contributed by atoms with Crippen LogP contribution in [0.2, 0.25) is 0 Å². The minimum absolute atomic E-state index is 0.0612. The van der Waals surface area contributed by atoms with Gasteiger partial charge in [0.2, 0.25) is 11.0 Å². The van der Waals surface area contributed by atoms with Gasteiger partial charge < -0.3 is 20.3 Å². The van der Waals surface area contributed by atoms with Crippen molar-refractivity contribution in [3.63, 3.8) is 0 Å². The molecule has 2 N–H and O–H groups in total. The Hall–Kier alpha value is -2.40. The number of aromatic nitrogens is 2. The van der Waals surface area contributed by atoms with Crippen LogP contribution in [0.15, 0.2) is 28.6 Å². The number of anilines is 1. The fourth-order valence-electron chi connectivity index (χ4n) is 2.94. The second-order valence-electron chi connectivity index (χ2n) is 6.67. The molecule has 0 spiro atoms. The molecule has 0 unspecified atom stereocenters. The maximum Gasteiger partial charge on any atom is 0.409 e. The largest absolute Gasteiger partial charge is 0.450 e. The molecule has 0 saturated carbocycles. The van der Waals surface area contributed by atoms with Crippen molar-refractivity contribution >= 4 is 40.2 Å². The Morgan fingerprint density at radius 1 is 1.27 bits per heavy atom. The Kier molecular flexibility index (Phi) is 8.26. The van der Waals surface area contributed by atoms with Gasteiger partial charge in [-0.15, -0.1) is 10.2 Å². The number of ether oxygens (including phenoxy) is 1. The van der Waals surface area contributed by atoms with Gasteiger partial charge in [-0.25, -0.2) is 9.18 Å². The van der Waals surface area contributed by atoms with Crippen molar-refractivity contribution in [2.45, 2.75) is 36.7 Å². The zero-order valence-corrected chi connectivity index (χ0v) is 18.2. The van der Waals surface area contributed by atoms with E-state index in [1.165, 1.54) is 35.2 Å². The Bertz CT molecular complexity index is 841. The zero-order chi connectivity index (χ0) is 21.3. The second-order valence-corrected chi connectivity index (χ2v) is 8.87. The van der Waals surface area contributed by atoms with Crippen LogP contribution in [0.4, 0.5) is 14.3 Å². The highest BCUT2D eigenvalue weighted by Crippen LogP contribution is 2.25. The van der Waals surface area contributed by atoms with E-state index in [0.717, 1.165) is 5.56 Å². The number of hydrogen-bond acceptors (Lipinski definition) is 8. The van der Waals surface area contributed by atoms with Crippen molar-refractivity contribution in [1.29, 1.82) is 0 Å². The summed E-state index contributed by atoms with van der Waals surface area (Å²) in [5, 5.41) is 14.9. The Labute approximate surface area is 182 Å². The van der Waals surface area contributed by atoms with Crippen molar-refractivity contribution in [2.75, 3.05) is 30.8 Å². The van der Waals surface area contributed by atoms with Crippen molar-refractivity contribution in [2.24, 2.45) is 0 Å². The average Bonchev–Trinajstić information content (AvgIpc) is 3.20. The number of nitrogens with one attached hydrogen (secondary N) is 2. The summed E-state index contributed by atoms with van der Waals surface area (Å²) in [6, 6.07) is 6.31. The molecule has 0 radical (unpaired) electrons. The lowest BCUT2D eigenvalue weighted by atomic mass is 10.1. The second kappa shape index (κ2) is 11.1. The summed E-state index contributed by atoms with van der Waals surface area (Å²) in [6.07, 6.45) is 1.13. The van der Waals surface area contributed by atoms with Gasteiger partial charge in [-0.1, -0.05) is 35.2 Å². The summed E-state index contributed by atoms with van der Waals surface area (Å²) < 4.78 is 18.6. The van der Waals surface area contributed by atoms with E-state index in [1.54, 1.807) is 24.0 Å². The van der Waals surface area contributed by atoms with Gasteiger partial charge in [0.25, 0.3) is 0 Å². The summed E-state index contributed by atoms with van der Waals surface area (Å²) in [5.74, 6) is -0.0770. The fourth-order valence-corrected chi connectivity index (χ4v) is 4.50. The van der Waals surface area contributed by atoms with Crippen LogP contribution < -0.4 is 10.6 Å². The van der Waals surface area contributed by atoms with Gasteiger partial charge in [0.05, 0.1) is 12.4 Å². The molecule has 2 amide bonds. The number of likely N-dealkylation sites (tertiary alicyclic amines) is 1. The van der Waals surface area contributed by atoms with Crippen molar-refractivity contribution in [1.82, 2.24) is 20.4 Å². The van der Waals surface area contributed by atoms with Gasteiger partial charge in [-0.05, 0) is 37.5 Å². The van der Waals surface area contributed by atoms with Crippen LogP contribution in [-0.2, 0) is 16.1 Å². The van der Waals surface area contributed by atoms with Crippen LogP contribution in [0.1, 0.15) is 25.3 Å². The first-order chi connectivity index (χ1) is 14.5. The number of carbonyl (C=O) groups is 2. The van der Waals surface area contributed by atoms with Crippen LogP contribution >= 0.6 is 23.1 Å². The molecule has 0 aliphatic carbocycles. The summed E-state index contributed by atoms with van der Waals surface area (Å²) in [7, 11) is 0. The van der Waals surface area contributed by atoms with E-state index in [2.05, 4.69) is 20.8 Å². The molecule has 2 heterocycles. The summed E-state index contributed by atoms with van der Waals surface area (Å²) >= 11 is 2.70. The molecule has 1 aliphatic heterocycles. The predicted octanol–water partition coefficient (Wildman–Crippen LogP) is 3.12. The number of thioether (sulfide) groups is 1. The van der Waals surface area contributed by atoms with Crippen LogP contribution in [-0.4, -0.2) is 58.6 Å². The number of hydrogen-bond donors (Lipinski definition) is 2. The first kappa shape index (κ1) is 22.3. The van der Waals surface area contributed by atoms with Gasteiger partial charge in [-0.2, -0.15) is 0 Å². The number of piperidine rings is 1. The van der Waals surface area contributed by atoms with E-state index in [1.807, 2.05) is 0 Å². The number of nitrogens with zero attached hydrogens (tertiary/aromatic N) is 3. The van der Waals surface area contributed by atoms with Gasteiger partial charge in [0.1, 0.15) is 5.82 Å². The predicted molar refractivity (Wildman–Crippen MR) is 114 cm³/mol. The van der Waals surface area contributed by atoms with Gasteiger partial charge in [0.15, 0.2) is 4.34 Å². The van der Waals surface area contributed by atoms with E-state index in [9.17, 15) is 14.0 Å². The molecule has 11 heteroatoms. The first-order valence-electron chi connectivity index (χ1n) is 9.69. The third-order valence-electron chi connectivity index (χ3n) is 4.48. The maximum atomic E-state index is 12.9. The summed E-state index contributed by atoms with van der Waals surface area (Å²) in [5.41, 5.74) is 0.939. The molecule has 1 aromatic heterocycles. The lowest BCUT2D eigenvalue weighted by molar-refractivity contribution is -0.119. The van der Waals surface area contributed by atoms with Gasteiger partial charge in [-0.3, -0.25) is 4.79 Å². The van der Waals surface area contributed by atoms with E-state index in [-0.39, 0.29) is 29.6 Å². The fraction of sp³-hybridized carbons (Fsp3) is 0.474. The molecular weight excluding hydrogens is 429 g/mol. The SMILES string of the molecule is CCOC(=O)N1CCC(NC(=O)CSc2nnc(NCc3ccc(F)cc3)s2)CC1. The standard InChI is InChI=1S/C19H24FN5O3S2/c1-2-28-19(27)25-9-7-15(8-10-25)22-16(26)12-29-18-24-23-17(30-18)21-11-13-3-5-14(20)6-4-13/h3-6,15H,2,7-12H2,1H3,(H,21,23)(H,22,26). The zero-order valence-electron chi connectivity index (χ0n) is 16.6. The minimum Gasteiger partial charge on any atom is -0.450 e.